The maximum absolute atomic E-state index is 12.9. The zero-order chi connectivity index (χ0) is 25.3. The number of hydrogen-bond acceptors (Lipinski definition) is 5. The summed E-state index contributed by atoms with van der Waals surface area (Å²) in [5, 5.41) is 23.9. The summed E-state index contributed by atoms with van der Waals surface area (Å²) in [6.45, 7) is 5.80. The molecule has 2 aromatic heterocycles. The third-order valence-electron chi connectivity index (χ3n) is 5.64. The van der Waals surface area contributed by atoms with Crippen LogP contribution in [-0.4, -0.2) is 30.4 Å². The molecule has 0 fully saturated rings. The van der Waals surface area contributed by atoms with Crippen molar-refractivity contribution in [2.24, 2.45) is 0 Å². The number of aryl methyl sites for hydroxylation is 2. The lowest BCUT2D eigenvalue weighted by Gasteiger charge is -2.09. The number of rotatable bonds is 7. The Kier molecular flexibility index (Phi) is 6.90. The van der Waals surface area contributed by atoms with Gasteiger partial charge in [0.25, 0.3) is 5.91 Å². The van der Waals surface area contributed by atoms with Crippen LogP contribution in [0.1, 0.15) is 38.6 Å². The van der Waals surface area contributed by atoms with Crippen molar-refractivity contribution in [3.8, 4) is 0 Å². The van der Waals surface area contributed by atoms with Crippen molar-refractivity contribution in [1.29, 1.82) is 0 Å². The van der Waals surface area contributed by atoms with Gasteiger partial charge in [-0.15, -0.1) is 0 Å². The van der Waals surface area contributed by atoms with Gasteiger partial charge in [-0.1, -0.05) is 41.4 Å². The van der Waals surface area contributed by atoms with E-state index in [1.54, 1.807) is 65.7 Å². The molecule has 0 aliphatic rings. The van der Waals surface area contributed by atoms with Gasteiger partial charge in [0.05, 0.1) is 18.0 Å². The predicted octanol–water partition coefficient (Wildman–Crippen LogP) is 5.57. The fourth-order valence-corrected chi connectivity index (χ4v) is 4.36. The lowest BCUT2D eigenvalue weighted by atomic mass is 10.1. The molecule has 2 aromatic carbocycles. The molecule has 180 valence electrons. The van der Waals surface area contributed by atoms with Crippen molar-refractivity contribution in [3.05, 3.63) is 102 Å². The number of halogens is 2. The highest BCUT2D eigenvalue weighted by Gasteiger charge is 2.22. The van der Waals surface area contributed by atoms with Gasteiger partial charge in [-0.2, -0.15) is 10.2 Å². The van der Waals surface area contributed by atoms with Crippen molar-refractivity contribution in [2.45, 2.75) is 33.9 Å². The Hall–Kier alpha value is -3.69. The molecule has 1 N–H and O–H groups in total. The number of amides is 1. The number of aromatic nitrogens is 4. The van der Waals surface area contributed by atoms with Crippen LogP contribution in [0.15, 0.2) is 48.5 Å². The molecule has 35 heavy (non-hydrogen) atoms. The summed E-state index contributed by atoms with van der Waals surface area (Å²) in [4.78, 5) is 23.7. The summed E-state index contributed by atoms with van der Waals surface area (Å²) in [5.74, 6) is 0.0712. The molecule has 4 rings (SSSR count). The van der Waals surface area contributed by atoms with Crippen molar-refractivity contribution < 1.29 is 9.72 Å². The molecule has 0 bridgehead atoms. The molecule has 0 atom stereocenters. The molecule has 4 aromatic rings. The molecule has 9 nitrogen and oxygen atoms in total. The van der Waals surface area contributed by atoms with Gasteiger partial charge < -0.3 is 5.32 Å². The smallest absolute Gasteiger partial charge is 0.305 e. The van der Waals surface area contributed by atoms with Crippen molar-refractivity contribution in [2.75, 3.05) is 5.32 Å². The molecule has 2 heterocycles. The Labute approximate surface area is 211 Å². The van der Waals surface area contributed by atoms with E-state index in [1.807, 2.05) is 13.0 Å². The van der Waals surface area contributed by atoms with E-state index in [0.717, 1.165) is 16.8 Å². The highest BCUT2D eigenvalue weighted by molar-refractivity contribution is 6.36. The zero-order valence-electron chi connectivity index (χ0n) is 19.2. The van der Waals surface area contributed by atoms with Gasteiger partial charge in [0.1, 0.15) is 11.4 Å². The fraction of sp³-hybridized carbons (Fsp3) is 0.208. The average molecular weight is 513 g/mol. The number of anilines is 1. The predicted molar refractivity (Wildman–Crippen MR) is 134 cm³/mol. The van der Waals surface area contributed by atoms with Crippen LogP contribution < -0.4 is 5.32 Å². The zero-order valence-corrected chi connectivity index (χ0v) is 20.8. The summed E-state index contributed by atoms with van der Waals surface area (Å²) >= 11 is 12.6. The van der Waals surface area contributed by atoms with Gasteiger partial charge in [-0.05, 0) is 50.6 Å². The summed E-state index contributed by atoms with van der Waals surface area (Å²) < 4.78 is 3.28. The third kappa shape index (κ3) is 5.21. The highest BCUT2D eigenvalue weighted by atomic mass is 35.5. The van der Waals surface area contributed by atoms with E-state index in [-0.39, 0.29) is 11.6 Å². The SMILES string of the molecule is Cc1nn(Cc2cccc(C(=O)Nc3cc(C)n(Cc4c(Cl)cccc4Cl)n3)c2)c(C)c1[N+](=O)[O-]. The van der Waals surface area contributed by atoms with Gasteiger partial charge in [0.2, 0.25) is 0 Å². The third-order valence-corrected chi connectivity index (χ3v) is 6.35. The number of hydrogen-bond donors (Lipinski definition) is 1. The summed E-state index contributed by atoms with van der Waals surface area (Å²) in [5.41, 5.74) is 3.61. The maximum atomic E-state index is 12.9. The van der Waals surface area contributed by atoms with Gasteiger partial charge in [0, 0.05) is 32.9 Å². The van der Waals surface area contributed by atoms with Crippen molar-refractivity contribution in [3.63, 3.8) is 0 Å². The second-order valence-electron chi connectivity index (χ2n) is 8.12. The molecule has 0 aliphatic carbocycles. The van der Waals surface area contributed by atoms with Crippen LogP contribution in [0.4, 0.5) is 11.5 Å². The lowest BCUT2D eigenvalue weighted by molar-refractivity contribution is -0.386. The minimum Gasteiger partial charge on any atom is -0.305 e. The van der Waals surface area contributed by atoms with Crippen LogP contribution in [0.25, 0.3) is 0 Å². The Balaban J connectivity index is 1.50. The Morgan fingerprint density at radius 1 is 1.00 bits per heavy atom. The van der Waals surface area contributed by atoms with Crippen LogP contribution in [0.5, 0.6) is 0 Å². The van der Waals surface area contributed by atoms with Crippen LogP contribution in [0, 0.1) is 30.9 Å². The molecule has 0 spiro atoms. The summed E-state index contributed by atoms with van der Waals surface area (Å²) in [7, 11) is 0. The number of carbonyl (C=O) groups excluding carboxylic acids is 1. The first-order valence-corrected chi connectivity index (χ1v) is 11.5. The maximum Gasteiger partial charge on any atom is 0.312 e. The van der Waals surface area contributed by atoms with E-state index >= 15 is 0 Å². The highest BCUT2D eigenvalue weighted by Crippen LogP contribution is 2.26. The minimum atomic E-state index is -0.432. The quantitative estimate of drug-likeness (QED) is 0.257. The summed E-state index contributed by atoms with van der Waals surface area (Å²) in [6.07, 6.45) is 0. The molecule has 1 amide bonds. The van der Waals surface area contributed by atoms with Crippen LogP contribution in [-0.2, 0) is 13.1 Å². The largest absolute Gasteiger partial charge is 0.312 e. The van der Waals surface area contributed by atoms with Gasteiger partial charge in [-0.25, -0.2) is 0 Å². The second-order valence-corrected chi connectivity index (χ2v) is 8.93. The number of carbonyl (C=O) groups is 1. The Morgan fingerprint density at radius 2 is 1.69 bits per heavy atom. The minimum absolute atomic E-state index is 0.00271. The van der Waals surface area contributed by atoms with E-state index in [1.165, 1.54) is 0 Å². The first-order valence-electron chi connectivity index (χ1n) is 10.7. The van der Waals surface area contributed by atoms with Gasteiger partial charge >= 0.3 is 5.69 Å². The first-order chi connectivity index (χ1) is 16.6. The molecule has 0 saturated carbocycles. The summed E-state index contributed by atoms with van der Waals surface area (Å²) in [6, 6.07) is 14.1. The lowest BCUT2D eigenvalue weighted by Crippen LogP contribution is -2.14. The fourth-order valence-electron chi connectivity index (χ4n) is 3.84. The van der Waals surface area contributed by atoms with E-state index in [2.05, 4.69) is 15.5 Å². The van der Waals surface area contributed by atoms with E-state index in [4.69, 9.17) is 23.2 Å². The van der Waals surface area contributed by atoms with Crippen LogP contribution >= 0.6 is 23.2 Å². The van der Waals surface area contributed by atoms with Crippen LogP contribution in [0.2, 0.25) is 10.0 Å². The standard InChI is InChI=1S/C24H22Cl2N6O3/c1-14-10-22(29-30(14)13-19-20(25)8-5-9-21(19)26)27-24(33)18-7-4-6-17(11-18)12-31-16(3)23(32(34)35)15(2)28-31/h4-11H,12-13H2,1-3H3,(H,27,29,33). The first kappa shape index (κ1) is 24.4. The number of benzene rings is 2. The molecule has 0 aliphatic heterocycles. The average Bonchev–Trinajstić information content (AvgIpc) is 3.28. The van der Waals surface area contributed by atoms with Crippen molar-refractivity contribution in [1.82, 2.24) is 19.6 Å². The molecular weight excluding hydrogens is 491 g/mol. The number of nitrogens with zero attached hydrogens (tertiary/aromatic N) is 5. The normalized spacial score (nSPS) is 11.0. The van der Waals surface area contributed by atoms with E-state index < -0.39 is 4.92 Å². The van der Waals surface area contributed by atoms with Gasteiger partial charge in [0.15, 0.2) is 5.82 Å². The molecular formula is C24H22Cl2N6O3. The second kappa shape index (κ2) is 9.89. The molecule has 0 saturated heterocycles. The molecule has 11 heteroatoms. The van der Waals surface area contributed by atoms with Crippen molar-refractivity contribution >= 4 is 40.6 Å². The Bertz CT molecular complexity index is 1420. The van der Waals surface area contributed by atoms with E-state index in [9.17, 15) is 14.9 Å². The van der Waals surface area contributed by atoms with E-state index in [0.29, 0.717) is 45.9 Å². The topological polar surface area (TPSA) is 108 Å². The monoisotopic (exact) mass is 512 g/mol. The molecule has 0 unspecified atom stereocenters. The van der Waals surface area contributed by atoms with Gasteiger partial charge in [-0.3, -0.25) is 24.3 Å². The van der Waals surface area contributed by atoms with Crippen LogP contribution in [0.3, 0.4) is 0 Å². The Morgan fingerprint density at radius 3 is 2.34 bits per heavy atom. The number of nitro groups is 1. The number of nitrogens with one attached hydrogen (secondary N) is 1. The molecule has 0 radical (unpaired) electrons.